The molecule has 1 aliphatic heterocycles. The van der Waals surface area contributed by atoms with Crippen molar-refractivity contribution in [3.8, 4) is 11.3 Å². The topological polar surface area (TPSA) is 92.0 Å². The molecule has 0 unspecified atom stereocenters. The van der Waals surface area contributed by atoms with Crippen LogP contribution in [0.5, 0.6) is 0 Å². The van der Waals surface area contributed by atoms with E-state index in [2.05, 4.69) is 10.3 Å². The third kappa shape index (κ3) is 4.26. The van der Waals surface area contributed by atoms with E-state index in [9.17, 15) is 9.90 Å². The minimum Gasteiger partial charge on any atom is -0.393 e. The predicted molar refractivity (Wildman–Crippen MR) is 117 cm³/mol. The molecule has 1 aliphatic carbocycles. The summed E-state index contributed by atoms with van der Waals surface area (Å²) in [4.78, 5) is 24.1. The van der Waals surface area contributed by atoms with Crippen molar-refractivity contribution in [2.75, 3.05) is 31.6 Å². The molecule has 1 saturated carbocycles. The van der Waals surface area contributed by atoms with E-state index in [0.717, 1.165) is 48.4 Å². The van der Waals surface area contributed by atoms with Crippen molar-refractivity contribution in [2.45, 2.75) is 37.8 Å². The van der Waals surface area contributed by atoms with Gasteiger partial charge < -0.3 is 24.5 Å². The van der Waals surface area contributed by atoms with E-state index in [4.69, 9.17) is 9.72 Å². The van der Waals surface area contributed by atoms with Gasteiger partial charge in [0.05, 0.1) is 25.0 Å². The summed E-state index contributed by atoms with van der Waals surface area (Å²) in [7, 11) is 0. The number of carbonyl (C=O) groups is 1. The molecule has 0 radical (unpaired) electrons. The number of rotatable bonds is 4. The number of benzene rings is 1. The molecular formula is C23H27N5O3. The molecular weight excluding hydrogens is 394 g/mol. The summed E-state index contributed by atoms with van der Waals surface area (Å²) in [6.07, 6.45) is 8.81. The molecule has 2 aliphatic rings. The summed E-state index contributed by atoms with van der Waals surface area (Å²) in [5.41, 5.74) is 3.09. The highest BCUT2D eigenvalue weighted by Gasteiger charge is 2.22. The molecule has 1 saturated heterocycles. The number of aliphatic hydroxyl groups excluding tert-OH is 1. The predicted octanol–water partition coefficient (Wildman–Crippen LogP) is 2.58. The highest BCUT2D eigenvalue weighted by Crippen LogP contribution is 2.27. The first kappa shape index (κ1) is 20.0. The minimum atomic E-state index is -0.199. The van der Waals surface area contributed by atoms with Crippen LogP contribution in [0.25, 0.3) is 16.9 Å². The summed E-state index contributed by atoms with van der Waals surface area (Å²) in [6.45, 7) is 2.40. The van der Waals surface area contributed by atoms with Crippen LogP contribution in [0.4, 0.5) is 5.82 Å². The van der Waals surface area contributed by atoms with Crippen molar-refractivity contribution in [1.29, 1.82) is 0 Å². The number of fused-ring (bicyclic) bond motifs is 1. The summed E-state index contributed by atoms with van der Waals surface area (Å²) >= 11 is 0. The second-order valence-corrected chi connectivity index (χ2v) is 8.27. The molecule has 2 fully saturated rings. The van der Waals surface area contributed by atoms with Crippen molar-refractivity contribution in [3.63, 3.8) is 0 Å². The lowest BCUT2D eigenvalue weighted by Crippen LogP contribution is -2.40. The third-order valence-corrected chi connectivity index (χ3v) is 6.12. The smallest absolute Gasteiger partial charge is 0.254 e. The number of anilines is 1. The van der Waals surface area contributed by atoms with Crippen LogP contribution in [-0.2, 0) is 4.74 Å². The average Bonchev–Trinajstić information content (AvgIpc) is 3.30. The summed E-state index contributed by atoms with van der Waals surface area (Å²) in [5.74, 6) is 0.752. The maximum atomic E-state index is 12.9. The van der Waals surface area contributed by atoms with Crippen molar-refractivity contribution in [1.82, 2.24) is 19.3 Å². The maximum absolute atomic E-state index is 12.9. The third-order valence-electron chi connectivity index (χ3n) is 6.12. The number of aliphatic hydroxyl groups is 1. The van der Waals surface area contributed by atoms with E-state index in [0.29, 0.717) is 31.9 Å². The van der Waals surface area contributed by atoms with E-state index in [-0.39, 0.29) is 18.1 Å². The highest BCUT2D eigenvalue weighted by atomic mass is 16.5. The quantitative estimate of drug-likeness (QED) is 0.673. The lowest BCUT2D eigenvalue weighted by Gasteiger charge is -2.27. The highest BCUT2D eigenvalue weighted by molar-refractivity contribution is 5.95. The molecule has 3 heterocycles. The monoisotopic (exact) mass is 421 g/mol. The van der Waals surface area contributed by atoms with E-state index in [1.807, 2.05) is 46.0 Å². The molecule has 8 heteroatoms. The van der Waals surface area contributed by atoms with Crippen molar-refractivity contribution < 1.29 is 14.6 Å². The molecule has 31 heavy (non-hydrogen) atoms. The Bertz CT molecular complexity index is 1070. The fourth-order valence-corrected chi connectivity index (χ4v) is 4.34. The Morgan fingerprint density at radius 3 is 2.77 bits per heavy atom. The van der Waals surface area contributed by atoms with Gasteiger partial charge in [-0.15, -0.1) is 0 Å². The fraction of sp³-hybridized carbons (Fsp3) is 0.435. The Kier molecular flexibility index (Phi) is 5.57. The first-order valence-corrected chi connectivity index (χ1v) is 10.9. The largest absolute Gasteiger partial charge is 0.393 e. The molecule has 1 amide bonds. The van der Waals surface area contributed by atoms with Gasteiger partial charge in [-0.2, -0.15) is 0 Å². The van der Waals surface area contributed by atoms with Gasteiger partial charge in [-0.1, -0.05) is 12.1 Å². The van der Waals surface area contributed by atoms with Crippen LogP contribution in [0, 0.1) is 0 Å². The van der Waals surface area contributed by atoms with Gasteiger partial charge in [0, 0.05) is 48.8 Å². The SMILES string of the molecule is O=C(c1cccc(-c2cn3ccnc3c(NC3CCC(O)CC3)n2)c1)N1CCOCC1. The van der Waals surface area contributed by atoms with Gasteiger partial charge in [0.2, 0.25) is 0 Å². The zero-order valence-corrected chi connectivity index (χ0v) is 17.4. The molecule has 5 rings (SSSR count). The standard InChI is InChI=1S/C23H27N5O3/c29-19-6-4-18(5-7-19)25-21-22-24-8-9-28(22)15-20(26-21)16-2-1-3-17(14-16)23(30)27-10-12-31-13-11-27/h1-3,8-9,14-15,18-19,29H,4-7,10-13H2,(H,25,26). The molecule has 3 aromatic rings. The van der Waals surface area contributed by atoms with Gasteiger partial charge in [0.25, 0.3) is 5.91 Å². The maximum Gasteiger partial charge on any atom is 0.254 e. The summed E-state index contributed by atoms with van der Waals surface area (Å²) < 4.78 is 7.32. The van der Waals surface area contributed by atoms with Gasteiger partial charge in [-0.25, -0.2) is 9.97 Å². The molecule has 2 aromatic heterocycles. The zero-order valence-electron chi connectivity index (χ0n) is 17.4. The van der Waals surface area contributed by atoms with Crippen LogP contribution in [0.1, 0.15) is 36.0 Å². The zero-order chi connectivity index (χ0) is 21.2. The van der Waals surface area contributed by atoms with E-state index >= 15 is 0 Å². The minimum absolute atomic E-state index is 0.0213. The Morgan fingerprint density at radius 2 is 1.97 bits per heavy atom. The van der Waals surface area contributed by atoms with Crippen LogP contribution in [-0.4, -0.2) is 68.7 Å². The second kappa shape index (κ2) is 8.64. The second-order valence-electron chi connectivity index (χ2n) is 8.27. The van der Waals surface area contributed by atoms with Gasteiger partial charge in [0.15, 0.2) is 11.5 Å². The Labute approximate surface area is 180 Å². The van der Waals surface area contributed by atoms with Crippen molar-refractivity contribution in [3.05, 3.63) is 48.4 Å². The van der Waals surface area contributed by atoms with Crippen LogP contribution in [0.2, 0.25) is 0 Å². The number of imidazole rings is 1. The van der Waals surface area contributed by atoms with Gasteiger partial charge >= 0.3 is 0 Å². The van der Waals surface area contributed by atoms with Crippen LogP contribution in [0.15, 0.2) is 42.9 Å². The van der Waals surface area contributed by atoms with Gasteiger partial charge in [0.1, 0.15) is 0 Å². The number of hydrogen-bond acceptors (Lipinski definition) is 6. The molecule has 1 aromatic carbocycles. The number of hydrogen-bond donors (Lipinski definition) is 2. The molecule has 2 N–H and O–H groups in total. The summed E-state index contributed by atoms with van der Waals surface area (Å²) in [6, 6.07) is 7.90. The molecule has 162 valence electrons. The number of aromatic nitrogens is 3. The fourth-order valence-electron chi connectivity index (χ4n) is 4.34. The lowest BCUT2D eigenvalue weighted by atomic mass is 9.93. The molecule has 0 bridgehead atoms. The Morgan fingerprint density at radius 1 is 1.16 bits per heavy atom. The van der Waals surface area contributed by atoms with E-state index in [1.165, 1.54) is 0 Å². The van der Waals surface area contributed by atoms with E-state index in [1.54, 1.807) is 6.20 Å². The lowest BCUT2D eigenvalue weighted by molar-refractivity contribution is 0.0303. The van der Waals surface area contributed by atoms with E-state index < -0.39 is 0 Å². The molecule has 8 nitrogen and oxygen atoms in total. The number of nitrogens with one attached hydrogen (secondary N) is 1. The first-order chi connectivity index (χ1) is 15.2. The number of carbonyl (C=O) groups excluding carboxylic acids is 1. The van der Waals surface area contributed by atoms with Crippen LogP contribution >= 0.6 is 0 Å². The molecule has 0 atom stereocenters. The number of nitrogens with zero attached hydrogens (tertiary/aromatic N) is 4. The van der Waals surface area contributed by atoms with Crippen molar-refractivity contribution in [2.24, 2.45) is 0 Å². The van der Waals surface area contributed by atoms with Gasteiger partial charge in [-0.05, 0) is 37.8 Å². The van der Waals surface area contributed by atoms with Crippen LogP contribution in [0.3, 0.4) is 0 Å². The number of amides is 1. The van der Waals surface area contributed by atoms with Crippen LogP contribution < -0.4 is 5.32 Å². The number of ether oxygens (including phenoxy) is 1. The van der Waals surface area contributed by atoms with Gasteiger partial charge in [-0.3, -0.25) is 4.79 Å². The van der Waals surface area contributed by atoms with Crippen molar-refractivity contribution >= 4 is 17.4 Å². The number of morpholine rings is 1. The first-order valence-electron chi connectivity index (χ1n) is 10.9. The summed E-state index contributed by atoms with van der Waals surface area (Å²) in [5, 5.41) is 13.3. The average molecular weight is 422 g/mol. The Hall–Kier alpha value is -2.97. The normalized spacial score (nSPS) is 21.9. The Balaban J connectivity index is 1.44. The molecule has 0 spiro atoms.